The summed E-state index contributed by atoms with van der Waals surface area (Å²) in [5.41, 5.74) is 0.635. The molecular formula is C26H42O4. The molecule has 0 saturated heterocycles. The summed E-state index contributed by atoms with van der Waals surface area (Å²) in [6, 6.07) is 0. The maximum Gasteiger partial charge on any atom is 0.123 e. The Kier molecular flexibility index (Phi) is 5.54. The first kappa shape index (κ1) is 22.5. The zero-order chi connectivity index (χ0) is 22.1. The van der Waals surface area contributed by atoms with Gasteiger partial charge in [0.2, 0.25) is 0 Å². The smallest absolute Gasteiger partial charge is 0.123 e. The van der Waals surface area contributed by atoms with Crippen LogP contribution in [0.15, 0.2) is 0 Å². The molecular weight excluding hydrogens is 376 g/mol. The summed E-state index contributed by atoms with van der Waals surface area (Å²) in [4.78, 5) is 23.8. The van der Waals surface area contributed by atoms with E-state index in [2.05, 4.69) is 34.6 Å². The fourth-order valence-electron chi connectivity index (χ4n) is 9.35. The number of aldehydes is 2. The number of carbonyl (C=O) groups excluding carboxylic acids is 2. The standard InChI is InChI=1S/C26H42O4/c1-15-25(4,5)19-10-22(29-6)23(30-7)11-21(19)26(15)14-24(2,3)18-8-16(12-27)17(13-28)9-20(18)26/h12-13,15-23H,8-11,14H2,1-7H3. The normalized spacial score (nSPS) is 51.4. The molecule has 0 radical (unpaired) electrons. The Morgan fingerprint density at radius 2 is 1.20 bits per heavy atom. The molecule has 4 aliphatic carbocycles. The van der Waals surface area contributed by atoms with Crippen LogP contribution in [0.25, 0.3) is 0 Å². The van der Waals surface area contributed by atoms with Gasteiger partial charge >= 0.3 is 0 Å². The van der Waals surface area contributed by atoms with Gasteiger partial charge in [-0.05, 0) is 77.9 Å². The molecule has 0 aliphatic heterocycles. The first-order valence-corrected chi connectivity index (χ1v) is 12.0. The molecule has 4 nitrogen and oxygen atoms in total. The summed E-state index contributed by atoms with van der Waals surface area (Å²) < 4.78 is 11.8. The Hall–Kier alpha value is -0.740. The monoisotopic (exact) mass is 418 g/mol. The van der Waals surface area contributed by atoms with Crippen molar-refractivity contribution in [1.82, 2.24) is 0 Å². The van der Waals surface area contributed by atoms with Crippen LogP contribution in [0.3, 0.4) is 0 Å². The van der Waals surface area contributed by atoms with Crippen molar-refractivity contribution >= 4 is 12.6 Å². The number of carbonyl (C=O) groups is 2. The molecule has 4 rings (SSSR count). The third-order valence-electron chi connectivity index (χ3n) is 10.9. The third kappa shape index (κ3) is 2.85. The summed E-state index contributed by atoms with van der Waals surface area (Å²) in [6.45, 7) is 12.3. The summed E-state index contributed by atoms with van der Waals surface area (Å²) in [6.07, 6.45) is 7.53. The van der Waals surface area contributed by atoms with Gasteiger partial charge in [-0.1, -0.05) is 34.6 Å². The van der Waals surface area contributed by atoms with Crippen LogP contribution in [0.4, 0.5) is 0 Å². The van der Waals surface area contributed by atoms with Crippen LogP contribution in [-0.2, 0) is 19.1 Å². The van der Waals surface area contributed by atoms with Gasteiger partial charge in [0, 0.05) is 26.1 Å². The van der Waals surface area contributed by atoms with Crippen LogP contribution in [-0.4, -0.2) is 39.0 Å². The second-order valence-electron chi connectivity index (χ2n) is 12.3. The van der Waals surface area contributed by atoms with Crippen molar-refractivity contribution in [3.05, 3.63) is 0 Å². The fraction of sp³-hybridized carbons (Fsp3) is 0.923. The van der Waals surface area contributed by atoms with Gasteiger partial charge < -0.3 is 19.1 Å². The maximum atomic E-state index is 12.0. The Morgan fingerprint density at radius 3 is 1.70 bits per heavy atom. The van der Waals surface area contributed by atoms with E-state index in [9.17, 15) is 9.59 Å². The van der Waals surface area contributed by atoms with E-state index in [1.807, 2.05) is 14.2 Å². The summed E-state index contributed by atoms with van der Waals surface area (Å²) in [5.74, 6) is 2.58. The zero-order valence-electron chi connectivity index (χ0n) is 20.0. The van der Waals surface area contributed by atoms with E-state index in [0.717, 1.165) is 38.3 Å². The lowest BCUT2D eigenvalue weighted by Crippen LogP contribution is -2.48. The summed E-state index contributed by atoms with van der Waals surface area (Å²) in [7, 11) is 3.65. The van der Waals surface area contributed by atoms with Crippen molar-refractivity contribution in [1.29, 1.82) is 0 Å². The van der Waals surface area contributed by atoms with Crippen LogP contribution < -0.4 is 0 Å². The number of methoxy groups -OCH3 is 2. The second kappa shape index (κ2) is 7.40. The molecule has 4 aliphatic rings. The molecule has 4 fully saturated rings. The molecule has 0 aromatic heterocycles. The van der Waals surface area contributed by atoms with Gasteiger partial charge in [-0.25, -0.2) is 0 Å². The molecule has 170 valence electrons. The van der Waals surface area contributed by atoms with Crippen molar-refractivity contribution < 1.29 is 19.1 Å². The molecule has 0 N–H and O–H groups in total. The molecule has 0 bridgehead atoms. The average Bonchev–Trinajstić information content (AvgIpc) is 3.06. The van der Waals surface area contributed by atoms with Gasteiger partial charge in [0.1, 0.15) is 12.6 Å². The summed E-state index contributed by atoms with van der Waals surface area (Å²) >= 11 is 0. The highest BCUT2D eigenvalue weighted by molar-refractivity contribution is 5.65. The van der Waals surface area contributed by atoms with E-state index in [1.165, 1.54) is 6.42 Å². The minimum absolute atomic E-state index is 0.102. The quantitative estimate of drug-likeness (QED) is 0.616. The van der Waals surface area contributed by atoms with Gasteiger partial charge in [0.05, 0.1) is 12.2 Å². The Balaban J connectivity index is 1.80. The summed E-state index contributed by atoms with van der Waals surface area (Å²) in [5, 5.41) is 0. The van der Waals surface area contributed by atoms with Crippen LogP contribution in [0, 0.1) is 57.7 Å². The average molecular weight is 419 g/mol. The number of rotatable bonds is 4. The van der Waals surface area contributed by atoms with E-state index in [0.29, 0.717) is 29.6 Å². The zero-order valence-corrected chi connectivity index (χ0v) is 20.0. The van der Waals surface area contributed by atoms with Crippen molar-refractivity contribution in [2.75, 3.05) is 14.2 Å². The Bertz CT molecular complexity index is 685. The molecule has 0 aromatic carbocycles. The molecule has 10 atom stereocenters. The van der Waals surface area contributed by atoms with Gasteiger partial charge in [-0.15, -0.1) is 0 Å². The molecule has 4 heteroatoms. The minimum atomic E-state index is -0.113. The van der Waals surface area contributed by atoms with E-state index in [1.54, 1.807) is 0 Å². The van der Waals surface area contributed by atoms with Crippen LogP contribution in [0.2, 0.25) is 0 Å². The highest BCUT2D eigenvalue weighted by atomic mass is 16.5. The lowest BCUT2D eigenvalue weighted by molar-refractivity contribution is -0.127. The minimum Gasteiger partial charge on any atom is -0.379 e. The lowest BCUT2D eigenvalue weighted by atomic mass is 9.55. The van der Waals surface area contributed by atoms with Crippen molar-refractivity contribution in [2.24, 2.45) is 57.7 Å². The number of ether oxygens (including phenoxy) is 2. The number of fused-ring (bicyclic) bond motifs is 4. The molecule has 0 amide bonds. The topological polar surface area (TPSA) is 52.6 Å². The van der Waals surface area contributed by atoms with Crippen LogP contribution in [0.1, 0.15) is 66.7 Å². The van der Waals surface area contributed by atoms with Gasteiger partial charge in [0.25, 0.3) is 0 Å². The van der Waals surface area contributed by atoms with E-state index < -0.39 is 0 Å². The van der Waals surface area contributed by atoms with Gasteiger partial charge in [-0.3, -0.25) is 0 Å². The highest BCUT2D eigenvalue weighted by Crippen LogP contribution is 2.77. The van der Waals surface area contributed by atoms with Gasteiger partial charge in [0.15, 0.2) is 0 Å². The van der Waals surface area contributed by atoms with Crippen LogP contribution in [0.5, 0.6) is 0 Å². The molecule has 0 heterocycles. The first-order chi connectivity index (χ1) is 14.1. The van der Waals surface area contributed by atoms with E-state index >= 15 is 0 Å². The predicted molar refractivity (Wildman–Crippen MR) is 117 cm³/mol. The third-order valence-corrected chi connectivity index (χ3v) is 10.9. The fourth-order valence-corrected chi connectivity index (χ4v) is 9.35. The molecule has 0 aromatic rings. The first-order valence-electron chi connectivity index (χ1n) is 12.0. The highest BCUT2D eigenvalue weighted by Gasteiger charge is 2.72. The van der Waals surface area contributed by atoms with Gasteiger partial charge in [-0.2, -0.15) is 0 Å². The molecule has 1 spiro atoms. The van der Waals surface area contributed by atoms with Crippen molar-refractivity contribution in [3.63, 3.8) is 0 Å². The lowest BCUT2D eigenvalue weighted by Gasteiger charge is -2.49. The second-order valence-corrected chi connectivity index (χ2v) is 12.3. The number of hydrogen-bond acceptors (Lipinski definition) is 4. The maximum absolute atomic E-state index is 12.0. The Labute approximate surface area is 182 Å². The number of hydrogen-bond donors (Lipinski definition) is 0. The van der Waals surface area contributed by atoms with Crippen molar-refractivity contribution in [2.45, 2.75) is 78.9 Å². The largest absolute Gasteiger partial charge is 0.379 e. The Morgan fingerprint density at radius 1 is 0.733 bits per heavy atom. The predicted octanol–water partition coefficient (Wildman–Crippen LogP) is 4.79. The molecule has 4 saturated carbocycles. The van der Waals surface area contributed by atoms with Crippen LogP contribution >= 0.6 is 0 Å². The SMILES string of the molecule is COC1CC2C(CC1OC)C1(CC(C)(C)C3CC(C=O)C(C=O)CC31)C(C)C2(C)C. The van der Waals surface area contributed by atoms with E-state index in [4.69, 9.17) is 9.47 Å². The van der Waals surface area contributed by atoms with E-state index in [-0.39, 0.29) is 40.3 Å². The molecule has 10 unspecified atom stereocenters. The van der Waals surface area contributed by atoms with Crippen molar-refractivity contribution in [3.8, 4) is 0 Å². The molecule has 30 heavy (non-hydrogen) atoms.